The monoisotopic (exact) mass is 421 g/mol. The minimum absolute atomic E-state index is 0.00984. The van der Waals surface area contributed by atoms with Crippen LogP contribution >= 0.6 is 23.8 Å². The van der Waals surface area contributed by atoms with Gasteiger partial charge in [-0.05, 0) is 69.9 Å². The molecule has 148 valence electrons. The van der Waals surface area contributed by atoms with Gasteiger partial charge in [-0.25, -0.2) is 9.69 Å². The SMILES string of the molecule is CC(C)OC(=O)COC(=S)c1cc(N2C(=O)C3=C(CCCC3)C2=O)ccc1Cl. The van der Waals surface area contributed by atoms with E-state index >= 15 is 0 Å². The lowest BCUT2D eigenvalue weighted by Gasteiger charge is -2.17. The van der Waals surface area contributed by atoms with Crippen molar-refractivity contribution in [3.8, 4) is 0 Å². The summed E-state index contributed by atoms with van der Waals surface area (Å²) >= 11 is 11.4. The van der Waals surface area contributed by atoms with Crippen molar-refractivity contribution in [2.75, 3.05) is 11.5 Å². The number of benzene rings is 1. The van der Waals surface area contributed by atoms with Crippen molar-refractivity contribution in [2.24, 2.45) is 0 Å². The molecule has 0 aromatic heterocycles. The number of hydrogen-bond donors (Lipinski definition) is 0. The highest BCUT2D eigenvalue weighted by atomic mass is 35.5. The Bertz CT molecular complexity index is 865. The Morgan fingerprint density at radius 2 is 1.79 bits per heavy atom. The fraction of sp³-hybridized carbons (Fsp3) is 0.400. The first-order chi connectivity index (χ1) is 13.3. The van der Waals surface area contributed by atoms with Gasteiger partial charge in [-0.3, -0.25) is 9.59 Å². The van der Waals surface area contributed by atoms with Gasteiger partial charge in [-0.1, -0.05) is 11.6 Å². The molecular weight excluding hydrogens is 402 g/mol. The summed E-state index contributed by atoms with van der Waals surface area (Å²) in [5.74, 6) is -1.13. The van der Waals surface area contributed by atoms with Crippen LogP contribution in [0.5, 0.6) is 0 Å². The average molecular weight is 422 g/mol. The van der Waals surface area contributed by atoms with Crippen LogP contribution in [0.4, 0.5) is 5.69 Å². The number of ether oxygens (including phenoxy) is 2. The summed E-state index contributed by atoms with van der Waals surface area (Å²) in [6.07, 6.45) is 2.79. The van der Waals surface area contributed by atoms with E-state index in [9.17, 15) is 14.4 Å². The highest BCUT2D eigenvalue weighted by Gasteiger charge is 2.39. The second kappa shape index (κ2) is 8.41. The predicted octanol–water partition coefficient (Wildman–Crippen LogP) is 3.73. The number of amides is 2. The first-order valence-corrected chi connectivity index (χ1v) is 9.85. The molecule has 1 aromatic carbocycles. The minimum Gasteiger partial charge on any atom is -0.471 e. The van der Waals surface area contributed by atoms with Crippen LogP contribution in [-0.4, -0.2) is 35.5 Å². The van der Waals surface area contributed by atoms with Gasteiger partial charge in [-0.2, -0.15) is 0 Å². The van der Waals surface area contributed by atoms with Crippen LogP contribution in [0.3, 0.4) is 0 Å². The molecule has 6 nitrogen and oxygen atoms in total. The number of thiocarbonyl (C=S) groups is 1. The van der Waals surface area contributed by atoms with Gasteiger partial charge in [0.15, 0.2) is 11.7 Å². The van der Waals surface area contributed by atoms with Crippen LogP contribution in [0.2, 0.25) is 5.02 Å². The molecular formula is C20H20ClNO5S. The van der Waals surface area contributed by atoms with Crippen molar-refractivity contribution in [3.63, 3.8) is 0 Å². The molecule has 1 aliphatic carbocycles. The molecule has 1 aliphatic heterocycles. The van der Waals surface area contributed by atoms with Crippen LogP contribution < -0.4 is 4.90 Å². The number of anilines is 1. The lowest BCUT2D eigenvalue weighted by molar-refractivity contribution is -0.150. The maximum Gasteiger partial charge on any atom is 0.344 e. The zero-order valence-electron chi connectivity index (χ0n) is 15.6. The number of carbonyl (C=O) groups is 3. The van der Waals surface area contributed by atoms with Gasteiger partial charge < -0.3 is 9.47 Å². The fourth-order valence-corrected chi connectivity index (χ4v) is 3.77. The fourth-order valence-electron chi connectivity index (χ4n) is 3.28. The standard InChI is InChI=1S/C20H20ClNO5S/c1-11(2)27-17(23)10-26-20(28)15-9-12(7-8-16(15)21)22-18(24)13-5-3-4-6-14(13)19(22)25/h7-9,11H,3-6,10H2,1-2H3. The highest BCUT2D eigenvalue weighted by molar-refractivity contribution is 7.80. The molecule has 3 rings (SSSR count). The molecule has 28 heavy (non-hydrogen) atoms. The van der Waals surface area contributed by atoms with Gasteiger partial charge in [0, 0.05) is 16.7 Å². The van der Waals surface area contributed by atoms with Crippen molar-refractivity contribution >= 4 is 52.3 Å². The van der Waals surface area contributed by atoms with E-state index in [-0.39, 0.29) is 29.6 Å². The Hall–Kier alpha value is -2.25. The molecule has 0 saturated carbocycles. The first-order valence-electron chi connectivity index (χ1n) is 9.06. The van der Waals surface area contributed by atoms with Gasteiger partial charge in [-0.15, -0.1) is 0 Å². The molecule has 0 saturated heterocycles. The average Bonchev–Trinajstić information content (AvgIpc) is 2.91. The van der Waals surface area contributed by atoms with Crippen LogP contribution in [0, 0.1) is 0 Å². The second-order valence-corrected chi connectivity index (χ2v) is 7.67. The third-order valence-electron chi connectivity index (χ3n) is 4.51. The molecule has 0 fully saturated rings. The summed E-state index contributed by atoms with van der Waals surface area (Å²) in [6, 6.07) is 4.68. The molecule has 2 amide bonds. The maximum absolute atomic E-state index is 12.7. The molecule has 1 heterocycles. The Morgan fingerprint density at radius 3 is 2.36 bits per heavy atom. The van der Waals surface area contributed by atoms with Crippen LogP contribution in [0.1, 0.15) is 45.1 Å². The van der Waals surface area contributed by atoms with Gasteiger partial charge in [0.2, 0.25) is 0 Å². The lowest BCUT2D eigenvalue weighted by atomic mass is 9.93. The number of esters is 1. The minimum atomic E-state index is -0.550. The van der Waals surface area contributed by atoms with Crippen molar-refractivity contribution in [1.82, 2.24) is 0 Å². The number of rotatable bonds is 5. The van der Waals surface area contributed by atoms with Crippen molar-refractivity contribution in [1.29, 1.82) is 0 Å². The van der Waals surface area contributed by atoms with Gasteiger partial charge in [0.25, 0.3) is 11.8 Å². The summed E-state index contributed by atoms with van der Waals surface area (Å²) in [5, 5.41) is 0.284. The summed E-state index contributed by atoms with van der Waals surface area (Å²) in [4.78, 5) is 38.2. The van der Waals surface area contributed by atoms with Crippen LogP contribution in [0.15, 0.2) is 29.3 Å². The third kappa shape index (κ3) is 4.10. The molecule has 0 atom stereocenters. The number of imide groups is 1. The number of carbonyl (C=O) groups excluding carboxylic acids is 3. The van der Waals surface area contributed by atoms with Crippen molar-refractivity contribution in [2.45, 2.75) is 45.6 Å². The molecule has 0 bridgehead atoms. The Morgan fingerprint density at radius 1 is 1.18 bits per heavy atom. The van der Waals surface area contributed by atoms with E-state index in [0.29, 0.717) is 40.3 Å². The van der Waals surface area contributed by atoms with E-state index in [0.717, 1.165) is 17.7 Å². The Kier molecular flexibility index (Phi) is 6.15. The predicted molar refractivity (Wildman–Crippen MR) is 108 cm³/mol. The topological polar surface area (TPSA) is 72.9 Å². The number of halogens is 1. The summed E-state index contributed by atoms with van der Waals surface area (Å²) in [7, 11) is 0. The van der Waals surface area contributed by atoms with E-state index in [4.69, 9.17) is 33.3 Å². The molecule has 0 N–H and O–H groups in total. The normalized spacial score (nSPS) is 16.5. The van der Waals surface area contributed by atoms with E-state index in [1.54, 1.807) is 26.0 Å². The molecule has 0 unspecified atom stereocenters. The van der Waals surface area contributed by atoms with Crippen LogP contribution in [-0.2, 0) is 23.9 Å². The Labute approximate surface area is 173 Å². The molecule has 1 aromatic rings. The smallest absolute Gasteiger partial charge is 0.344 e. The van der Waals surface area contributed by atoms with Gasteiger partial charge in [0.05, 0.1) is 16.8 Å². The zero-order valence-corrected chi connectivity index (χ0v) is 17.2. The van der Waals surface area contributed by atoms with Gasteiger partial charge in [0.1, 0.15) is 0 Å². The number of hydrogen-bond acceptors (Lipinski definition) is 6. The zero-order chi connectivity index (χ0) is 20.4. The molecule has 8 heteroatoms. The Balaban J connectivity index is 1.79. The molecule has 0 spiro atoms. The summed E-state index contributed by atoms with van der Waals surface area (Å²) < 4.78 is 10.3. The van der Waals surface area contributed by atoms with Crippen molar-refractivity contribution < 1.29 is 23.9 Å². The highest BCUT2D eigenvalue weighted by Crippen LogP contribution is 2.36. The molecule has 0 radical (unpaired) electrons. The first kappa shape index (κ1) is 20.5. The van der Waals surface area contributed by atoms with Crippen molar-refractivity contribution in [3.05, 3.63) is 39.9 Å². The van der Waals surface area contributed by atoms with E-state index in [1.165, 1.54) is 6.07 Å². The number of nitrogens with zero attached hydrogens (tertiary/aromatic N) is 1. The van der Waals surface area contributed by atoms with E-state index in [1.807, 2.05) is 0 Å². The second-order valence-electron chi connectivity index (χ2n) is 6.89. The van der Waals surface area contributed by atoms with Gasteiger partial charge >= 0.3 is 5.97 Å². The summed E-state index contributed by atoms with van der Waals surface area (Å²) in [6.45, 7) is 3.11. The summed E-state index contributed by atoms with van der Waals surface area (Å²) in [5.41, 5.74) is 1.91. The quantitative estimate of drug-likeness (QED) is 0.410. The van der Waals surface area contributed by atoms with Crippen LogP contribution in [0.25, 0.3) is 0 Å². The van der Waals surface area contributed by atoms with E-state index in [2.05, 4.69) is 0 Å². The third-order valence-corrected chi connectivity index (χ3v) is 5.17. The largest absolute Gasteiger partial charge is 0.471 e. The lowest BCUT2D eigenvalue weighted by Crippen LogP contribution is -2.31. The molecule has 2 aliphatic rings. The van der Waals surface area contributed by atoms with E-state index < -0.39 is 5.97 Å². The maximum atomic E-state index is 12.7.